The average molecular weight is 238 g/mol. The molecule has 1 aromatic carbocycles. The van der Waals surface area contributed by atoms with E-state index in [4.69, 9.17) is 12.2 Å². The van der Waals surface area contributed by atoms with Crippen molar-refractivity contribution in [3.63, 3.8) is 0 Å². The van der Waals surface area contributed by atoms with Gasteiger partial charge < -0.3 is 9.55 Å². The minimum atomic E-state index is -0.222. The topological polar surface area (TPSA) is 20.7 Å². The van der Waals surface area contributed by atoms with E-state index in [1.54, 1.807) is 6.07 Å². The normalized spacial score (nSPS) is 11.5. The van der Waals surface area contributed by atoms with Gasteiger partial charge in [0.05, 0.1) is 11.0 Å². The van der Waals surface area contributed by atoms with E-state index >= 15 is 0 Å². The molecule has 4 heteroatoms. The highest BCUT2D eigenvalue weighted by atomic mass is 32.1. The quantitative estimate of drug-likeness (QED) is 0.805. The maximum Gasteiger partial charge on any atom is 0.178 e. The van der Waals surface area contributed by atoms with Crippen molar-refractivity contribution in [2.45, 2.75) is 26.8 Å². The van der Waals surface area contributed by atoms with Crippen molar-refractivity contribution in [1.82, 2.24) is 9.55 Å². The van der Waals surface area contributed by atoms with Gasteiger partial charge in [0.15, 0.2) is 4.77 Å². The molecule has 0 saturated heterocycles. The van der Waals surface area contributed by atoms with Crippen molar-refractivity contribution in [1.29, 1.82) is 0 Å². The Bertz CT molecular complexity index is 554. The zero-order valence-electron chi connectivity index (χ0n) is 9.46. The van der Waals surface area contributed by atoms with E-state index in [-0.39, 0.29) is 5.82 Å². The molecule has 0 spiro atoms. The van der Waals surface area contributed by atoms with Gasteiger partial charge in [0, 0.05) is 6.54 Å². The lowest BCUT2D eigenvalue weighted by Crippen LogP contribution is -2.01. The minimum absolute atomic E-state index is 0.222. The fourth-order valence-corrected chi connectivity index (χ4v) is 2.03. The van der Waals surface area contributed by atoms with Gasteiger partial charge in [-0.25, -0.2) is 4.39 Å². The average Bonchev–Trinajstić information content (AvgIpc) is 2.51. The van der Waals surface area contributed by atoms with Crippen molar-refractivity contribution in [2.24, 2.45) is 5.92 Å². The number of halogens is 1. The molecule has 1 aromatic heterocycles. The molecular weight excluding hydrogens is 223 g/mol. The summed E-state index contributed by atoms with van der Waals surface area (Å²) in [4.78, 5) is 3.09. The molecule has 0 unspecified atom stereocenters. The lowest BCUT2D eigenvalue weighted by molar-refractivity contribution is 0.519. The second kappa shape index (κ2) is 4.37. The van der Waals surface area contributed by atoms with E-state index in [9.17, 15) is 4.39 Å². The van der Waals surface area contributed by atoms with Crippen LogP contribution in [0.25, 0.3) is 11.0 Å². The summed E-state index contributed by atoms with van der Waals surface area (Å²) in [5, 5.41) is 0. The maximum absolute atomic E-state index is 13.2. The number of nitrogens with one attached hydrogen (secondary N) is 1. The Morgan fingerprint density at radius 3 is 2.88 bits per heavy atom. The predicted molar refractivity (Wildman–Crippen MR) is 66.5 cm³/mol. The van der Waals surface area contributed by atoms with Crippen LogP contribution >= 0.6 is 12.2 Å². The van der Waals surface area contributed by atoms with E-state index in [2.05, 4.69) is 18.8 Å². The number of imidazole rings is 1. The van der Waals surface area contributed by atoms with Crippen LogP contribution in [0.2, 0.25) is 0 Å². The van der Waals surface area contributed by atoms with Gasteiger partial charge in [-0.3, -0.25) is 0 Å². The fourth-order valence-electron chi connectivity index (χ4n) is 1.74. The maximum atomic E-state index is 13.2. The van der Waals surface area contributed by atoms with Gasteiger partial charge >= 0.3 is 0 Å². The van der Waals surface area contributed by atoms with Crippen LogP contribution in [0.3, 0.4) is 0 Å². The Labute approximate surface area is 99.1 Å². The molecule has 16 heavy (non-hydrogen) atoms. The van der Waals surface area contributed by atoms with Crippen LogP contribution in [-0.4, -0.2) is 9.55 Å². The molecule has 0 fully saturated rings. The summed E-state index contributed by atoms with van der Waals surface area (Å²) in [6.07, 6.45) is 1.04. The summed E-state index contributed by atoms with van der Waals surface area (Å²) in [7, 11) is 0. The fraction of sp³-hybridized carbons (Fsp3) is 0.417. The number of nitrogens with zero attached hydrogens (tertiary/aromatic N) is 1. The number of hydrogen-bond donors (Lipinski definition) is 1. The molecule has 2 nitrogen and oxygen atoms in total. The first kappa shape index (κ1) is 11.3. The number of rotatable bonds is 3. The molecule has 0 radical (unpaired) electrons. The highest BCUT2D eigenvalue weighted by Gasteiger charge is 2.05. The van der Waals surface area contributed by atoms with E-state index in [1.165, 1.54) is 12.1 Å². The first-order valence-electron chi connectivity index (χ1n) is 5.46. The molecule has 0 aliphatic rings. The molecule has 0 bridgehead atoms. The van der Waals surface area contributed by atoms with Gasteiger partial charge in [0.2, 0.25) is 0 Å². The van der Waals surface area contributed by atoms with Gasteiger partial charge in [-0.05, 0) is 42.8 Å². The van der Waals surface area contributed by atoms with Crippen molar-refractivity contribution in [3.05, 3.63) is 28.8 Å². The molecule has 0 atom stereocenters. The largest absolute Gasteiger partial charge is 0.331 e. The number of fused-ring (bicyclic) bond motifs is 1. The third-order valence-electron chi connectivity index (χ3n) is 2.67. The van der Waals surface area contributed by atoms with Crippen molar-refractivity contribution in [3.8, 4) is 0 Å². The zero-order chi connectivity index (χ0) is 11.7. The molecule has 2 rings (SSSR count). The van der Waals surface area contributed by atoms with Crippen LogP contribution in [0, 0.1) is 16.5 Å². The van der Waals surface area contributed by atoms with Crippen molar-refractivity contribution >= 4 is 23.3 Å². The standard InChI is InChI=1S/C12H15FN2S/c1-8(2)5-6-15-11-7-9(13)3-4-10(11)14-12(15)16/h3-4,7-8H,5-6H2,1-2H3,(H,14,16). The molecule has 2 aromatic rings. The number of hydrogen-bond acceptors (Lipinski definition) is 1. The Balaban J connectivity index is 2.46. The van der Waals surface area contributed by atoms with Crippen LogP contribution in [0.5, 0.6) is 0 Å². The van der Waals surface area contributed by atoms with Gasteiger partial charge in [-0.2, -0.15) is 0 Å². The number of H-pyrrole nitrogens is 1. The van der Waals surface area contributed by atoms with Crippen LogP contribution < -0.4 is 0 Å². The molecule has 0 aliphatic heterocycles. The van der Waals surface area contributed by atoms with Gasteiger partial charge in [-0.1, -0.05) is 13.8 Å². The Kier molecular flexibility index (Phi) is 3.10. The van der Waals surface area contributed by atoms with Gasteiger partial charge in [0.1, 0.15) is 5.82 Å². The molecule has 0 amide bonds. The summed E-state index contributed by atoms with van der Waals surface area (Å²) in [6, 6.07) is 4.70. The predicted octanol–water partition coefficient (Wildman–Crippen LogP) is 3.88. The first-order valence-corrected chi connectivity index (χ1v) is 5.87. The van der Waals surface area contributed by atoms with E-state index < -0.39 is 0 Å². The molecule has 0 aliphatic carbocycles. The lowest BCUT2D eigenvalue weighted by atomic mass is 10.1. The highest BCUT2D eigenvalue weighted by molar-refractivity contribution is 7.71. The smallest absolute Gasteiger partial charge is 0.178 e. The van der Waals surface area contributed by atoms with E-state index in [1.807, 2.05) is 4.57 Å². The number of aromatic nitrogens is 2. The van der Waals surface area contributed by atoms with Crippen molar-refractivity contribution in [2.75, 3.05) is 0 Å². The number of aryl methyl sites for hydroxylation is 1. The number of benzene rings is 1. The Morgan fingerprint density at radius 1 is 1.44 bits per heavy atom. The molecule has 1 N–H and O–H groups in total. The summed E-state index contributed by atoms with van der Waals surface area (Å²) in [5.74, 6) is 0.389. The second-order valence-electron chi connectivity index (χ2n) is 4.43. The Morgan fingerprint density at radius 2 is 2.19 bits per heavy atom. The first-order chi connectivity index (χ1) is 7.58. The highest BCUT2D eigenvalue weighted by Crippen LogP contribution is 2.17. The third-order valence-corrected chi connectivity index (χ3v) is 2.99. The molecule has 1 heterocycles. The molecular formula is C12H15FN2S. The van der Waals surface area contributed by atoms with Gasteiger partial charge in [-0.15, -0.1) is 0 Å². The van der Waals surface area contributed by atoms with E-state index in [0.29, 0.717) is 10.7 Å². The monoisotopic (exact) mass is 238 g/mol. The van der Waals surface area contributed by atoms with Crippen LogP contribution in [-0.2, 0) is 6.54 Å². The third kappa shape index (κ3) is 2.16. The minimum Gasteiger partial charge on any atom is -0.331 e. The van der Waals surface area contributed by atoms with Crippen molar-refractivity contribution < 1.29 is 4.39 Å². The van der Waals surface area contributed by atoms with Gasteiger partial charge in [0.25, 0.3) is 0 Å². The summed E-state index contributed by atoms with van der Waals surface area (Å²) in [6.45, 7) is 5.16. The SMILES string of the molecule is CC(C)CCn1c(=S)[nH]c2ccc(F)cc21. The van der Waals surface area contributed by atoms with E-state index in [0.717, 1.165) is 24.0 Å². The lowest BCUT2D eigenvalue weighted by Gasteiger charge is -2.06. The zero-order valence-corrected chi connectivity index (χ0v) is 10.3. The summed E-state index contributed by atoms with van der Waals surface area (Å²) < 4.78 is 15.8. The van der Waals surface area contributed by atoms with Crippen LogP contribution in [0.1, 0.15) is 20.3 Å². The molecule has 0 saturated carbocycles. The van der Waals surface area contributed by atoms with Crippen LogP contribution in [0.15, 0.2) is 18.2 Å². The summed E-state index contributed by atoms with van der Waals surface area (Å²) in [5.41, 5.74) is 1.75. The summed E-state index contributed by atoms with van der Waals surface area (Å²) >= 11 is 5.23. The number of aromatic amines is 1. The van der Waals surface area contributed by atoms with Crippen LogP contribution in [0.4, 0.5) is 4.39 Å². The Hall–Kier alpha value is -1.16. The second-order valence-corrected chi connectivity index (χ2v) is 4.81. The molecule has 86 valence electrons.